The first-order valence-corrected chi connectivity index (χ1v) is 11.1. The average molecular weight is 492 g/mol. The first-order valence-electron chi connectivity index (χ1n) is 11.1. The Bertz CT molecular complexity index is 1240. The molecule has 0 heterocycles. The van der Waals surface area contributed by atoms with Crippen LogP contribution in [0.25, 0.3) is 0 Å². The molecule has 1 amide bonds. The summed E-state index contributed by atoms with van der Waals surface area (Å²) in [7, 11) is 1.44. The van der Waals surface area contributed by atoms with Crippen LogP contribution in [0.3, 0.4) is 0 Å². The van der Waals surface area contributed by atoms with Crippen molar-refractivity contribution < 1.29 is 28.7 Å². The van der Waals surface area contributed by atoms with Crippen LogP contribution in [0.1, 0.15) is 46.0 Å². The number of nitrogens with zero attached hydrogens (tertiary/aromatic N) is 2. The van der Waals surface area contributed by atoms with Crippen molar-refractivity contribution >= 4 is 23.8 Å². The molecule has 186 valence electrons. The van der Waals surface area contributed by atoms with Crippen LogP contribution in [0, 0.1) is 10.1 Å². The van der Waals surface area contributed by atoms with Crippen LogP contribution in [0.4, 0.5) is 5.69 Å². The third-order valence-electron chi connectivity index (χ3n) is 4.97. The van der Waals surface area contributed by atoms with E-state index in [9.17, 15) is 19.7 Å². The smallest absolute Gasteiger partial charge is 0.343 e. The van der Waals surface area contributed by atoms with E-state index in [-0.39, 0.29) is 17.0 Å². The van der Waals surface area contributed by atoms with Crippen LogP contribution in [-0.2, 0) is 0 Å². The second kappa shape index (κ2) is 12.7. The van der Waals surface area contributed by atoms with Gasteiger partial charge in [0.1, 0.15) is 5.75 Å². The lowest BCUT2D eigenvalue weighted by atomic mass is 10.2. The summed E-state index contributed by atoms with van der Waals surface area (Å²) in [4.78, 5) is 34.9. The van der Waals surface area contributed by atoms with Gasteiger partial charge in [-0.2, -0.15) is 5.10 Å². The van der Waals surface area contributed by atoms with Gasteiger partial charge in [0.15, 0.2) is 11.5 Å². The maximum atomic E-state index is 12.5. The number of hydrazone groups is 1. The van der Waals surface area contributed by atoms with E-state index < -0.39 is 16.8 Å². The molecule has 0 aromatic heterocycles. The molecule has 1 N–H and O–H groups in total. The summed E-state index contributed by atoms with van der Waals surface area (Å²) in [6, 6.07) is 16.6. The summed E-state index contributed by atoms with van der Waals surface area (Å²) in [5.74, 6) is 0.124. The number of hydrogen-bond donors (Lipinski definition) is 1. The van der Waals surface area contributed by atoms with Gasteiger partial charge in [0.25, 0.3) is 11.6 Å². The second-order valence-corrected chi connectivity index (χ2v) is 7.53. The quantitative estimate of drug-likeness (QED) is 0.102. The standard InChI is InChI=1S/C26H25N3O7/c1-3-4-15-35-22-12-8-20(9-13-22)26(31)36-23-14-5-18(16-24(23)34-2)17-27-28-25(30)19-6-10-21(11-7-19)29(32)33/h5-14,16-17H,3-4,15H2,1-2H3,(H,28,30). The molecule has 0 saturated heterocycles. The molecule has 3 aromatic rings. The third kappa shape index (κ3) is 7.13. The maximum Gasteiger partial charge on any atom is 0.343 e. The molecule has 36 heavy (non-hydrogen) atoms. The minimum Gasteiger partial charge on any atom is -0.494 e. The van der Waals surface area contributed by atoms with Gasteiger partial charge in [-0.25, -0.2) is 10.2 Å². The second-order valence-electron chi connectivity index (χ2n) is 7.53. The Morgan fingerprint density at radius 2 is 1.69 bits per heavy atom. The number of nitro groups is 1. The number of methoxy groups -OCH3 is 1. The number of carbonyl (C=O) groups is 2. The zero-order chi connectivity index (χ0) is 25.9. The lowest BCUT2D eigenvalue weighted by Gasteiger charge is -2.10. The maximum absolute atomic E-state index is 12.5. The summed E-state index contributed by atoms with van der Waals surface area (Å²) in [5, 5.41) is 14.6. The number of ether oxygens (including phenoxy) is 3. The fourth-order valence-electron chi connectivity index (χ4n) is 2.99. The molecule has 0 unspecified atom stereocenters. The fraction of sp³-hybridized carbons (Fsp3) is 0.192. The van der Waals surface area contributed by atoms with Crippen molar-refractivity contribution in [2.24, 2.45) is 5.10 Å². The van der Waals surface area contributed by atoms with Crippen molar-refractivity contribution in [2.75, 3.05) is 13.7 Å². The van der Waals surface area contributed by atoms with Crippen molar-refractivity contribution in [3.8, 4) is 17.2 Å². The number of nitro benzene ring substituents is 1. The van der Waals surface area contributed by atoms with Gasteiger partial charge in [-0.3, -0.25) is 14.9 Å². The third-order valence-corrected chi connectivity index (χ3v) is 4.97. The molecule has 10 heteroatoms. The van der Waals surface area contributed by atoms with E-state index in [4.69, 9.17) is 14.2 Å². The first-order chi connectivity index (χ1) is 17.4. The Morgan fingerprint density at radius 3 is 2.33 bits per heavy atom. The summed E-state index contributed by atoms with van der Waals surface area (Å²) in [6.07, 6.45) is 3.37. The Hall–Kier alpha value is -4.73. The van der Waals surface area contributed by atoms with Gasteiger partial charge in [0.05, 0.1) is 30.4 Å². The number of unbranched alkanes of at least 4 members (excludes halogenated alkanes) is 1. The van der Waals surface area contributed by atoms with Gasteiger partial charge in [0.2, 0.25) is 0 Å². The highest BCUT2D eigenvalue weighted by Gasteiger charge is 2.13. The van der Waals surface area contributed by atoms with E-state index in [0.717, 1.165) is 12.8 Å². The molecule has 3 aromatic carbocycles. The van der Waals surface area contributed by atoms with Crippen LogP contribution in [0.2, 0.25) is 0 Å². The highest BCUT2D eigenvalue weighted by Crippen LogP contribution is 2.28. The predicted octanol–water partition coefficient (Wildman–Crippen LogP) is 4.77. The van der Waals surface area contributed by atoms with Crippen LogP contribution in [0.5, 0.6) is 17.2 Å². The SMILES string of the molecule is CCCCOc1ccc(C(=O)Oc2ccc(C=NNC(=O)c3ccc([N+](=O)[O-])cc3)cc2OC)cc1. The van der Waals surface area contributed by atoms with E-state index in [1.165, 1.54) is 37.6 Å². The Labute approximate surface area is 207 Å². The normalized spacial score (nSPS) is 10.6. The van der Waals surface area contributed by atoms with Crippen LogP contribution in [-0.4, -0.2) is 36.7 Å². The molecule has 0 aliphatic heterocycles. The average Bonchev–Trinajstić information content (AvgIpc) is 2.89. The molecular formula is C26H25N3O7. The number of rotatable bonds is 11. The fourth-order valence-corrected chi connectivity index (χ4v) is 2.99. The zero-order valence-corrected chi connectivity index (χ0v) is 19.8. The zero-order valence-electron chi connectivity index (χ0n) is 19.8. The van der Waals surface area contributed by atoms with Gasteiger partial charge < -0.3 is 14.2 Å². The highest BCUT2D eigenvalue weighted by molar-refractivity contribution is 5.95. The van der Waals surface area contributed by atoms with E-state index in [1.54, 1.807) is 42.5 Å². The first kappa shape index (κ1) is 25.9. The highest BCUT2D eigenvalue weighted by atomic mass is 16.6. The molecule has 0 aliphatic rings. The molecule has 10 nitrogen and oxygen atoms in total. The van der Waals surface area contributed by atoms with Gasteiger partial charge in [-0.05, 0) is 66.6 Å². The number of nitrogens with one attached hydrogen (secondary N) is 1. The molecule has 0 fully saturated rings. The molecule has 0 atom stereocenters. The summed E-state index contributed by atoms with van der Waals surface area (Å²) >= 11 is 0. The predicted molar refractivity (Wildman–Crippen MR) is 133 cm³/mol. The molecule has 0 bridgehead atoms. The van der Waals surface area contributed by atoms with Crippen molar-refractivity contribution in [1.29, 1.82) is 0 Å². The summed E-state index contributed by atoms with van der Waals surface area (Å²) < 4.78 is 16.4. The molecule has 0 spiro atoms. The molecule has 0 aliphatic carbocycles. The lowest BCUT2D eigenvalue weighted by molar-refractivity contribution is -0.384. The van der Waals surface area contributed by atoms with Crippen LogP contribution < -0.4 is 19.6 Å². The lowest BCUT2D eigenvalue weighted by Crippen LogP contribution is -2.17. The molecule has 0 radical (unpaired) electrons. The number of non-ortho nitro benzene ring substituents is 1. The number of hydrogen-bond acceptors (Lipinski definition) is 8. The molecular weight excluding hydrogens is 466 g/mol. The molecule has 0 saturated carbocycles. The number of esters is 1. The van der Waals surface area contributed by atoms with Crippen molar-refractivity contribution in [2.45, 2.75) is 19.8 Å². The van der Waals surface area contributed by atoms with E-state index in [2.05, 4.69) is 17.5 Å². The van der Waals surface area contributed by atoms with Crippen LogP contribution in [0.15, 0.2) is 71.8 Å². The number of benzene rings is 3. The summed E-state index contributed by atoms with van der Waals surface area (Å²) in [6.45, 7) is 2.70. The van der Waals surface area contributed by atoms with Gasteiger partial charge in [0, 0.05) is 17.7 Å². The Kier molecular flexibility index (Phi) is 9.10. The van der Waals surface area contributed by atoms with E-state index >= 15 is 0 Å². The van der Waals surface area contributed by atoms with E-state index in [0.29, 0.717) is 29.2 Å². The van der Waals surface area contributed by atoms with Gasteiger partial charge in [-0.15, -0.1) is 0 Å². The number of carbonyl (C=O) groups excluding carboxylic acids is 2. The molecule has 3 rings (SSSR count). The monoisotopic (exact) mass is 491 g/mol. The van der Waals surface area contributed by atoms with Crippen molar-refractivity contribution in [3.05, 3.63) is 93.5 Å². The minimum atomic E-state index is -0.551. The van der Waals surface area contributed by atoms with E-state index in [1.807, 2.05) is 0 Å². The minimum absolute atomic E-state index is 0.114. The largest absolute Gasteiger partial charge is 0.494 e. The van der Waals surface area contributed by atoms with Crippen molar-refractivity contribution in [3.63, 3.8) is 0 Å². The topological polar surface area (TPSA) is 129 Å². The van der Waals surface area contributed by atoms with Gasteiger partial charge in [-0.1, -0.05) is 13.3 Å². The van der Waals surface area contributed by atoms with Crippen molar-refractivity contribution in [1.82, 2.24) is 5.43 Å². The Morgan fingerprint density at radius 1 is 1.00 bits per heavy atom. The van der Waals surface area contributed by atoms with Gasteiger partial charge >= 0.3 is 5.97 Å². The Balaban J connectivity index is 1.60. The van der Waals surface area contributed by atoms with Crippen LogP contribution >= 0.6 is 0 Å². The number of amides is 1. The summed E-state index contributed by atoms with van der Waals surface area (Å²) in [5.41, 5.74) is 3.39.